The van der Waals surface area contributed by atoms with E-state index >= 15 is 0 Å². The lowest BCUT2D eigenvalue weighted by Gasteiger charge is -2.27. The van der Waals surface area contributed by atoms with Gasteiger partial charge in [-0.15, -0.1) is 0 Å². The first-order valence-electron chi connectivity index (χ1n) is 11.2. The van der Waals surface area contributed by atoms with E-state index in [4.69, 9.17) is 14.2 Å². The molecule has 2 aromatic carbocycles. The van der Waals surface area contributed by atoms with Crippen LogP contribution >= 0.6 is 0 Å². The first-order valence-corrected chi connectivity index (χ1v) is 11.2. The van der Waals surface area contributed by atoms with Gasteiger partial charge in [0.1, 0.15) is 18.1 Å². The molecule has 1 heterocycles. The molecule has 1 atom stereocenters. The van der Waals surface area contributed by atoms with Crippen LogP contribution in [0.2, 0.25) is 0 Å². The maximum atomic E-state index is 13.2. The van der Waals surface area contributed by atoms with Crippen LogP contribution in [0.4, 0.5) is 0 Å². The standard InChI is InChI=1S/C27H32N2O6/c1-7-14-35-19-9-10-20(17(2)15-19)25(30)23-24(18-8-11-21(33-5)22(16-18)34-6)29(13-12-28(3)4)27(32)26(23)31/h7-11,15-16,24,30H,1,12-14H2,2-6H3/b25-23+. The van der Waals surface area contributed by atoms with Crippen LogP contribution in [0.3, 0.4) is 0 Å². The van der Waals surface area contributed by atoms with Gasteiger partial charge in [-0.2, -0.15) is 0 Å². The molecule has 0 aliphatic carbocycles. The third-order valence-electron chi connectivity index (χ3n) is 5.87. The maximum Gasteiger partial charge on any atom is 0.295 e. The van der Waals surface area contributed by atoms with Crippen molar-refractivity contribution in [1.82, 2.24) is 9.80 Å². The number of ether oxygens (including phenoxy) is 3. The molecule has 1 N–H and O–H groups in total. The van der Waals surface area contributed by atoms with Gasteiger partial charge >= 0.3 is 0 Å². The summed E-state index contributed by atoms with van der Waals surface area (Å²) in [5, 5.41) is 11.4. The summed E-state index contributed by atoms with van der Waals surface area (Å²) >= 11 is 0. The number of carbonyl (C=O) groups excluding carboxylic acids is 2. The smallest absolute Gasteiger partial charge is 0.295 e. The molecule has 1 fully saturated rings. The van der Waals surface area contributed by atoms with E-state index in [1.807, 2.05) is 25.9 Å². The van der Waals surface area contributed by atoms with Crippen LogP contribution in [0.1, 0.15) is 22.7 Å². The molecule has 35 heavy (non-hydrogen) atoms. The number of hydrogen-bond acceptors (Lipinski definition) is 7. The molecule has 186 valence electrons. The highest BCUT2D eigenvalue weighted by molar-refractivity contribution is 6.46. The Morgan fingerprint density at radius 1 is 1.11 bits per heavy atom. The number of methoxy groups -OCH3 is 2. The van der Waals surface area contributed by atoms with E-state index in [-0.39, 0.29) is 11.3 Å². The molecular weight excluding hydrogens is 448 g/mol. The second-order valence-electron chi connectivity index (χ2n) is 8.49. The van der Waals surface area contributed by atoms with E-state index in [1.54, 1.807) is 42.5 Å². The van der Waals surface area contributed by atoms with Gasteiger partial charge in [-0.25, -0.2) is 0 Å². The van der Waals surface area contributed by atoms with E-state index in [1.165, 1.54) is 19.1 Å². The van der Waals surface area contributed by atoms with Crippen LogP contribution < -0.4 is 14.2 Å². The maximum absolute atomic E-state index is 13.2. The summed E-state index contributed by atoms with van der Waals surface area (Å²) in [5.41, 5.74) is 1.82. The van der Waals surface area contributed by atoms with Gasteiger partial charge in [0.05, 0.1) is 25.8 Å². The normalized spacial score (nSPS) is 17.1. The lowest BCUT2D eigenvalue weighted by molar-refractivity contribution is -0.140. The van der Waals surface area contributed by atoms with Crippen molar-refractivity contribution >= 4 is 17.4 Å². The molecule has 1 unspecified atom stereocenters. The summed E-state index contributed by atoms with van der Waals surface area (Å²) in [6.07, 6.45) is 1.64. The van der Waals surface area contributed by atoms with Crippen LogP contribution in [-0.2, 0) is 9.59 Å². The Kier molecular flexibility index (Phi) is 8.19. The molecule has 8 nitrogen and oxygen atoms in total. The molecule has 0 saturated carbocycles. The predicted octanol–water partition coefficient (Wildman–Crippen LogP) is 3.56. The van der Waals surface area contributed by atoms with E-state index in [0.29, 0.717) is 53.6 Å². The number of Topliss-reactive ketones (excluding diaryl/α,β-unsaturated/α-hetero) is 1. The molecule has 1 saturated heterocycles. The number of likely N-dealkylation sites (N-methyl/N-ethyl adjacent to an activating group) is 1. The minimum Gasteiger partial charge on any atom is -0.507 e. The Morgan fingerprint density at radius 3 is 2.43 bits per heavy atom. The molecule has 0 aromatic heterocycles. The molecule has 0 radical (unpaired) electrons. The van der Waals surface area contributed by atoms with Crippen molar-refractivity contribution < 1.29 is 28.9 Å². The van der Waals surface area contributed by atoms with E-state index in [0.717, 1.165) is 0 Å². The second kappa shape index (κ2) is 11.1. The summed E-state index contributed by atoms with van der Waals surface area (Å²) in [6.45, 7) is 6.65. The zero-order valence-electron chi connectivity index (χ0n) is 20.8. The van der Waals surface area contributed by atoms with Gasteiger partial charge in [0.15, 0.2) is 11.5 Å². The monoisotopic (exact) mass is 480 g/mol. The Bertz CT molecular complexity index is 1150. The molecule has 1 aliphatic rings. The molecule has 1 amide bonds. The number of benzene rings is 2. The fraction of sp³-hybridized carbons (Fsp3) is 0.333. The quantitative estimate of drug-likeness (QED) is 0.241. The highest BCUT2D eigenvalue weighted by Crippen LogP contribution is 2.42. The number of ketones is 1. The van der Waals surface area contributed by atoms with Gasteiger partial charge < -0.3 is 29.1 Å². The molecule has 8 heteroatoms. The van der Waals surface area contributed by atoms with Crippen molar-refractivity contribution in [1.29, 1.82) is 0 Å². The number of likely N-dealkylation sites (tertiary alicyclic amines) is 1. The largest absolute Gasteiger partial charge is 0.507 e. The number of rotatable bonds is 10. The average Bonchev–Trinajstić information content (AvgIpc) is 3.10. The summed E-state index contributed by atoms with van der Waals surface area (Å²) in [6, 6.07) is 9.59. The lowest BCUT2D eigenvalue weighted by Crippen LogP contribution is -2.35. The Morgan fingerprint density at radius 2 is 1.83 bits per heavy atom. The van der Waals surface area contributed by atoms with Gasteiger partial charge in [0, 0.05) is 18.7 Å². The van der Waals surface area contributed by atoms with Gasteiger partial charge in [0.25, 0.3) is 11.7 Å². The van der Waals surface area contributed by atoms with Gasteiger partial charge in [-0.3, -0.25) is 9.59 Å². The lowest BCUT2D eigenvalue weighted by atomic mass is 9.93. The van der Waals surface area contributed by atoms with Crippen LogP contribution in [0.15, 0.2) is 54.6 Å². The third kappa shape index (κ3) is 5.33. The molecule has 1 aliphatic heterocycles. The van der Waals surface area contributed by atoms with E-state index in [2.05, 4.69) is 6.58 Å². The van der Waals surface area contributed by atoms with Gasteiger partial charge in [-0.05, 0) is 62.5 Å². The minimum atomic E-state index is -0.786. The van der Waals surface area contributed by atoms with Crippen molar-refractivity contribution in [2.75, 3.05) is 48.0 Å². The Hall–Kier alpha value is -3.78. The van der Waals surface area contributed by atoms with Gasteiger partial charge in [0.2, 0.25) is 0 Å². The zero-order valence-corrected chi connectivity index (χ0v) is 20.8. The van der Waals surface area contributed by atoms with Crippen molar-refractivity contribution in [3.8, 4) is 17.2 Å². The highest BCUT2D eigenvalue weighted by Gasteiger charge is 2.46. The number of aliphatic hydroxyl groups is 1. The first-order chi connectivity index (χ1) is 16.7. The summed E-state index contributed by atoms with van der Waals surface area (Å²) in [7, 11) is 6.83. The first kappa shape index (κ1) is 25.8. The van der Waals surface area contributed by atoms with Crippen molar-refractivity contribution in [3.63, 3.8) is 0 Å². The average molecular weight is 481 g/mol. The van der Waals surface area contributed by atoms with Gasteiger partial charge in [-0.1, -0.05) is 18.7 Å². The molecule has 0 spiro atoms. The number of amides is 1. The van der Waals surface area contributed by atoms with Crippen LogP contribution in [0.25, 0.3) is 5.76 Å². The molecule has 2 aromatic rings. The number of hydrogen-bond donors (Lipinski definition) is 1. The number of carbonyl (C=O) groups is 2. The Balaban J connectivity index is 2.16. The zero-order chi connectivity index (χ0) is 25.7. The van der Waals surface area contributed by atoms with E-state index in [9.17, 15) is 14.7 Å². The van der Waals surface area contributed by atoms with Crippen LogP contribution in [0.5, 0.6) is 17.2 Å². The van der Waals surface area contributed by atoms with Crippen molar-refractivity contribution in [2.24, 2.45) is 0 Å². The number of aliphatic hydroxyl groups excluding tert-OH is 1. The van der Waals surface area contributed by atoms with Crippen LogP contribution in [-0.4, -0.2) is 74.6 Å². The highest BCUT2D eigenvalue weighted by atomic mass is 16.5. The summed E-state index contributed by atoms with van der Waals surface area (Å²) < 4.78 is 16.4. The third-order valence-corrected chi connectivity index (χ3v) is 5.87. The number of nitrogens with zero attached hydrogens (tertiary/aromatic N) is 2. The molecule has 3 rings (SSSR count). The fourth-order valence-corrected chi connectivity index (χ4v) is 4.08. The predicted molar refractivity (Wildman–Crippen MR) is 134 cm³/mol. The summed E-state index contributed by atoms with van der Waals surface area (Å²) in [4.78, 5) is 29.8. The fourth-order valence-electron chi connectivity index (χ4n) is 4.08. The van der Waals surface area contributed by atoms with E-state index < -0.39 is 17.7 Å². The van der Waals surface area contributed by atoms with Crippen molar-refractivity contribution in [2.45, 2.75) is 13.0 Å². The minimum absolute atomic E-state index is 0.0313. The molecular formula is C27H32N2O6. The Labute approximate surface area is 206 Å². The van der Waals surface area contributed by atoms with Crippen LogP contribution in [0, 0.1) is 6.92 Å². The number of aryl methyl sites for hydroxylation is 1. The summed E-state index contributed by atoms with van der Waals surface area (Å²) in [5.74, 6) is -0.0233. The van der Waals surface area contributed by atoms with Crippen molar-refractivity contribution in [3.05, 3.63) is 71.3 Å². The topological polar surface area (TPSA) is 88.5 Å². The second-order valence-corrected chi connectivity index (χ2v) is 8.49. The molecule has 0 bridgehead atoms. The SMILES string of the molecule is C=CCOc1ccc(/C(O)=C2\C(=O)C(=O)N(CCN(C)C)C2c2ccc(OC)c(OC)c2)c(C)c1.